The zero-order chi connectivity index (χ0) is 23.5. The van der Waals surface area contributed by atoms with E-state index >= 15 is 0 Å². The number of rotatable bonds is 5. The van der Waals surface area contributed by atoms with E-state index in [-0.39, 0.29) is 11.5 Å². The molecule has 1 amide bonds. The van der Waals surface area contributed by atoms with Gasteiger partial charge in [-0.2, -0.15) is 10.1 Å². The number of aromatic carboxylic acids is 1. The van der Waals surface area contributed by atoms with E-state index < -0.39 is 5.97 Å². The Kier molecular flexibility index (Phi) is 5.58. The summed E-state index contributed by atoms with van der Waals surface area (Å²) in [7, 11) is 0. The number of carboxylic acids is 1. The molecule has 164 valence electrons. The van der Waals surface area contributed by atoms with Crippen molar-refractivity contribution in [2.45, 2.75) is 0 Å². The third kappa shape index (κ3) is 4.14. The lowest BCUT2D eigenvalue weighted by Crippen LogP contribution is -2.21. The van der Waals surface area contributed by atoms with Crippen molar-refractivity contribution in [3.8, 4) is 11.1 Å². The smallest absolute Gasteiger partial charge is 0.335 e. The highest BCUT2D eigenvalue weighted by molar-refractivity contribution is 6.37. The lowest BCUT2D eigenvalue weighted by Gasteiger charge is -2.12. The van der Waals surface area contributed by atoms with Crippen LogP contribution in [-0.2, 0) is 4.79 Å². The molecule has 4 aromatic carbocycles. The van der Waals surface area contributed by atoms with E-state index in [4.69, 9.17) is 0 Å². The Balaban J connectivity index is 1.55. The molecule has 5 rings (SSSR count). The molecule has 0 saturated carbocycles. The van der Waals surface area contributed by atoms with Gasteiger partial charge >= 0.3 is 5.97 Å². The molecule has 5 nitrogen and oxygen atoms in total. The zero-order valence-electron chi connectivity index (χ0n) is 18.1. The molecule has 0 saturated heterocycles. The molecule has 0 aromatic heterocycles. The van der Waals surface area contributed by atoms with Gasteiger partial charge in [0, 0.05) is 5.56 Å². The molecular weight excluding hydrogens is 424 g/mol. The van der Waals surface area contributed by atoms with Crippen LogP contribution >= 0.6 is 0 Å². The topological polar surface area (TPSA) is 70.0 Å². The first-order valence-corrected chi connectivity index (χ1v) is 10.8. The number of carbonyl (C=O) groups is 2. The second-order valence-corrected chi connectivity index (χ2v) is 7.83. The largest absolute Gasteiger partial charge is 0.478 e. The minimum Gasteiger partial charge on any atom is -0.478 e. The SMILES string of the molecule is O=C(O)c1cccc(N2N=C(c3ccccc3)/C(=C/c3ccc(-c4ccccc4)cc3)C2=O)c1. The summed E-state index contributed by atoms with van der Waals surface area (Å²) in [4.78, 5) is 24.9. The van der Waals surface area contributed by atoms with Crippen molar-refractivity contribution < 1.29 is 14.7 Å². The van der Waals surface area contributed by atoms with Gasteiger partial charge in [0.15, 0.2) is 0 Å². The summed E-state index contributed by atoms with van der Waals surface area (Å²) in [5.41, 5.74) is 5.36. The first-order valence-electron chi connectivity index (χ1n) is 10.8. The molecule has 4 aromatic rings. The maximum Gasteiger partial charge on any atom is 0.335 e. The number of carboxylic acid groups (broad SMARTS) is 1. The van der Waals surface area contributed by atoms with Crippen LogP contribution < -0.4 is 5.01 Å². The highest BCUT2D eigenvalue weighted by Crippen LogP contribution is 2.29. The monoisotopic (exact) mass is 444 g/mol. The number of carbonyl (C=O) groups excluding carboxylic acids is 1. The number of anilines is 1. The van der Waals surface area contributed by atoms with Gasteiger partial charge in [0.05, 0.1) is 16.8 Å². The van der Waals surface area contributed by atoms with Gasteiger partial charge in [-0.3, -0.25) is 4.79 Å². The Morgan fingerprint density at radius 3 is 2.00 bits per heavy atom. The van der Waals surface area contributed by atoms with Gasteiger partial charge in [-0.15, -0.1) is 0 Å². The van der Waals surface area contributed by atoms with E-state index in [1.165, 1.54) is 17.1 Å². The van der Waals surface area contributed by atoms with Crippen molar-refractivity contribution in [3.63, 3.8) is 0 Å². The second-order valence-electron chi connectivity index (χ2n) is 7.83. The number of nitrogens with zero attached hydrogens (tertiary/aromatic N) is 2. The normalized spacial score (nSPS) is 14.4. The van der Waals surface area contributed by atoms with E-state index in [9.17, 15) is 14.7 Å². The van der Waals surface area contributed by atoms with E-state index in [0.29, 0.717) is 17.0 Å². The van der Waals surface area contributed by atoms with Crippen LogP contribution in [0.25, 0.3) is 17.2 Å². The Labute approximate surface area is 196 Å². The lowest BCUT2D eigenvalue weighted by atomic mass is 9.99. The summed E-state index contributed by atoms with van der Waals surface area (Å²) in [6.45, 7) is 0. The van der Waals surface area contributed by atoms with Crippen molar-refractivity contribution in [1.29, 1.82) is 0 Å². The van der Waals surface area contributed by atoms with Gasteiger partial charge < -0.3 is 5.11 Å². The highest BCUT2D eigenvalue weighted by Gasteiger charge is 2.32. The minimum atomic E-state index is -1.06. The molecule has 0 fully saturated rings. The van der Waals surface area contributed by atoms with Crippen molar-refractivity contribution in [3.05, 3.63) is 131 Å². The Hall–Kier alpha value is -4.77. The van der Waals surface area contributed by atoms with Crippen molar-refractivity contribution in [2.75, 3.05) is 5.01 Å². The van der Waals surface area contributed by atoms with Gasteiger partial charge in [-0.1, -0.05) is 91.0 Å². The fraction of sp³-hybridized carbons (Fsp3) is 0. The molecule has 0 radical (unpaired) electrons. The molecule has 0 aliphatic carbocycles. The van der Waals surface area contributed by atoms with Crippen LogP contribution in [0.5, 0.6) is 0 Å². The van der Waals surface area contributed by atoms with Gasteiger partial charge in [-0.25, -0.2) is 4.79 Å². The van der Waals surface area contributed by atoms with E-state index in [1.807, 2.05) is 78.9 Å². The van der Waals surface area contributed by atoms with E-state index in [0.717, 1.165) is 22.3 Å². The fourth-order valence-electron chi connectivity index (χ4n) is 3.87. The average molecular weight is 444 g/mol. The van der Waals surface area contributed by atoms with Gasteiger partial charge in [0.1, 0.15) is 5.71 Å². The van der Waals surface area contributed by atoms with E-state index in [1.54, 1.807) is 12.1 Å². The van der Waals surface area contributed by atoms with Crippen molar-refractivity contribution in [2.24, 2.45) is 5.10 Å². The number of hydrazone groups is 1. The molecule has 0 atom stereocenters. The number of benzene rings is 4. The van der Waals surface area contributed by atoms with Crippen LogP contribution in [0.3, 0.4) is 0 Å². The molecule has 5 heteroatoms. The fourth-order valence-corrected chi connectivity index (χ4v) is 3.87. The number of hydrogen-bond donors (Lipinski definition) is 1. The molecule has 1 heterocycles. The summed E-state index contributed by atoms with van der Waals surface area (Å²) in [5.74, 6) is -1.37. The highest BCUT2D eigenvalue weighted by atomic mass is 16.4. The Morgan fingerprint density at radius 2 is 1.35 bits per heavy atom. The molecule has 0 spiro atoms. The van der Waals surface area contributed by atoms with Crippen LogP contribution in [-0.4, -0.2) is 22.7 Å². The maximum atomic E-state index is 13.5. The standard InChI is InChI=1S/C29H20N2O3/c32-28-26(18-20-14-16-22(17-15-20)21-8-3-1-4-9-21)27(23-10-5-2-6-11-23)30-31(28)25-13-7-12-24(19-25)29(33)34/h1-19H,(H,33,34)/b26-18-. The minimum absolute atomic E-state index is 0.0932. The molecular formula is C29H20N2O3. The quantitative estimate of drug-likeness (QED) is 0.391. The van der Waals surface area contributed by atoms with Gasteiger partial charge in [0.2, 0.25) is 0 Å². The van der Waals surface area contributed by atoms with Crippen LogP contribution in [0.1, 0.15) is 21.5 Å². The number of amides is 1. The lowest BCUT2D eigenvalue weighted by molar-refractivity contribution is -0.114. The maximum absolute atomic E-state index is 13.5. The number of hydrogen-bond acceptors (Lipinski definition) is 3. The van der Waals surface area contributed by atoms with Crippen LogP contribution in [0.15, 0.2) is 120 Å². The van der Waals surface area contributed by atoms with Crippen molar-refractivity contribution in [1.82, 2.24) is 0 Å². The third-order valence-electron chi connectivity index (χ3n) is 5.59. The van der Waals surface area contributed by atoms with Crippen molar-refractivity contribution >= 4 is 29.4 Å². The van der Waals surface area contributed by atoms with Crippen LogP contribution in [0.4, 0.5) is 5.69 Å². The third-order valence-corrected chi connectivity index (χ3v) is 5.59. The Bertz CT molecular complexity index is 1420. The summed E-state index contributed by atoms with van der Waals surface area (Å²) in [6.07, 6.45) is 1.82. The summed E-state index contributed by atoms with van der Waals surface area (Å²) < 4.78 is 0. The molecule has 0 bridgehead atoms. The average Bonchev–Trinajstić information content (AvgIpc) is 3.21. The van der Waals surface area contributed by atoms with Gasteiger partial charge in [-0.05, 0) is 41.0 Å². The predicted octanol–water partition coefficient (Wildman–Crippen LogP) is 5.89. The Morgan fingerprint density at radius 1 is 0.735 bits per heavy atom. The summed E-state index contributed by atoms with van der Waals surface area (Å²) >= 11 is 0. The second kappa shape index (κ2) is 9.00. The summed E-state index contributed by atoms with van der Waals surface area (Å²) in [6, 6.07) is 33.8. The van der Waals surface area contributed by atoms with E-state index in [2.05, 4.69) is 17.2 Å². The molecule has 34 heavy (non-hydrogen) atoms. The zero-order valence-corrected chi connectivity index (χ0v) is 18.1. The van der Waals surface area contributed by atoms with Crippen LogP contribution in [0, 0.1) is 0 Å². The molecule has 1 aliphatic rings. The molecule has 1 N–H and O–H groups in total. The van der Waals surface area contributed by atoms with Gasteiger partial charge in [0.25, 0.3) is 5.91 Å². The summed E-state index contributed by atoms with van der Waals surface area (Å²) in [5, 5.41) is 15.2. The first kappa shape index (κ1) is 21.1. The first-order chi connectivity index (χ1) is 16.6. The van der Waals surface area contributed by atoms with Crippen LogP contribution in [0.2, 0.25) is 0 Å². The molecule has 1 aliphatic heterocycles. The predicted molar refractivity (Wildman–Crippen MR) is 134 cm³/mol. The molecule has 0 unspecified atom stereocenters.